The lowest BCUT2D eigenvalue weighted by atomic mass is 10.2. The van der Waals surface area contributed by atoms with Crippen molar-refractivity contribution in [1.82, 2.24) is 5.43 Å². The molecule has 0 fully saturated rings. The number of hydrogen-bond acceptors (Lipinski definition) is 3. The number of carbonyl (C=O) groups excluding carboxylic acids is 1. The molecule has 0 unspecified atom stereocenters. The van der Waals surface area contributed by atoms with Gasteiger partial charge in [-0.2, -0.15) is 8.78 Å². The van der Waals surface area contributed by atoms with E-state index < -0.39 is 34.8 Å². The molecule has 0 aliphatic rings. The van der Waals surface area contributed by atoms with Gasteiger partial charge in [-0.15, -0.1) is 0 Å². The number of ether oxygens (including phenoxy) is 1. The lowest BCUT2D eigenvalue weighted by Gasteiger charge is -2.10. The van der Waals surface area contributed by atoms with Crippen molar-refractivity contribution >= 4 is 5.91 Å². The Balaban J connectivity index is 2.51. The van der Waals surface area contributed by atoms with E-state index in [0.717, 1.165) is 0 Å². The van der Waals surface area contributed by atoms with Crippen LogP contribution in [-0.4, -0.2) is 12.5 Å². The Kier molecular flexibility index (Phi) is 6.35. The first kappa shape index (κ1) is 17.2. The summed E-state index contributed by atoms with van der Waals surface area (Å²) in [5, 5.41) is 0. The summed E-state index contributed by atoms with van der Waals surface area (Å²) < 4.78 is 69.5. The summed E-state index contributed by atoms with van der Waals surface area (Å²) in [6.45, 7) is -0.247. The number of hydrogen-bond donors (Lipinski definition) is 2. The van der Waals surface area contributed by atoms with Gasteiger partial charge in [0, 0.05) is 6.42 Å². The number of rotatable bonds is 7. The molecule has 21 heavy (non-hydrogen) atoms. The van der Waals surface area contributed by atoms with Gasteiger partial charge < -0.3 is 4.74 Å². The van der Waals surface area contributed by atoms with Crippen molar-refractivity contribution in [2.45, 2.75) is 25.7 Å². The van der Waals surface area contributed by atoms with Crippen LogP contribution in [0.2, 0.25) is 0 Å². The molecule has 0 saturated heterocycles. The number of halogens is 5. The van der Waals surface area contributed by atoms with Crippen LogP contribution >= 0.6 is 0 Å². The first-order valence-electron chi connectivity index (χ1n) is 6.03. The first-order valence-corrected chi connectivity index (χ1v) is 6.03. The van der Waals surface area contributed by atoms with Crippen molar-refractivity contribution in [3.05, 3.63) is 29.1 Å². The maximum absolute atomic E-state index is 13.2. The predicted octanol–water partition coefficient (Wildman–Crippen LogP) is 2.31. The van der Waals surface area contributed by atoms with Gasteiger partial charge in [0.05, 0.1) is 6.61 Å². The van der Waals surface area contributed by atoms with Gasteiger partial charge in [-0.1, -0.05) is 0 Å². The maximum atomic E-state index is 13.2. The maximum Gasteiger partial charge on any atom is 0.233 e. The molecule has 0 radical (unpaired) electrons. The van der Waals surface area contributed by atoms with Crippen molar-refractivity contribution in [3.63, 3.8) is 0 Å². The standard InChI is InChI=1S/C12H13F5N2O2/c13-7-8(14)10(16)12(11(17)9(7)15)21-5-3-1-2-4-6(20)19-18/h1-5,18H2,(H,19,20). The molecule has 1 aromatic carbocycles. The molecule has 0 aliphatic carbocycles. The van der Waals surface area contributed by atoms with Crippen LogP contribution in [0.4, 0.5) is 22.0 Å². The molecule has 9 heteroatoms. The predicted molar refractivity (Wildman–Crippen MR) is 62.5 cm³/mol. The largest absolute Gasteiger partial charge is 0.487 e. The molecular weight excluding hydrogens is 299 g/mol. The Morgan fingerprint density at radius 3 is 1.95 bits per heavy atom. The van der Waals surface area contributed by atoms with Crippen molar-refractivity contribution in [2.75, 3.05) is 6.61 Å². The second kappa shape index (κ2) is 7.77. The zero-order valence-corrected chi connectivity index (χ0v) is 10.8. The van der Waals surface area contributed by atoms with Crippen LogP contribution in [0.15, 0.2) is 0 Å². The highest BCUT2D eigenvalue weighted by Crippen LogP contribution is 2.29. The van der Waals surface area contributed by atoms with Gasteiger partial charge in [0.25, 0.3) is 0 Å². The molecule has 0 atom stereocenters. The molecule has 0 bridgehead atoms. The third-order valence-corrected chi connectivity index (χ3v) is 2.63. The van der Waals surface area contributed by atoms with Crippen molar-refractivity contribution < 1.29 is 31.5 Å². The third kappa shape index (κ3) is 4.28. The fourth-order valence-corrected chi connectivity index (χ4v) is 1.52. The third-order valence-electron chi connectivity index (χ3n) is 2.63. The summed E-state index contributed by atoms with van der Waals surface area (Å²) in [5.74, 6) is -7.16. The van der Waals surface area contributed by atoms with Crippen molar-refractivity contribution in [2.24, 2.45) is 5.84 Å². The van der Waals surface area contributed by atoms with Crippen LogP contribution < -0.4 is 16.0 Å². The molecule has 0 saturated carbocycles. The number of nitrogens with one attached hydrogen (secondary N) is 1. The second-order valence-corrected chi connectivity index (χ2v) is 4.13. The molecule has 3 N–H and O–H groups in total. The molecule has 1 rings (SSSR count). The van der Waals surface area contributed by atoms with E-state index in [4.69, 9.17) is 5.84 Å². The van der Waals surface area contributed by atoms with E-state index in [2.05, 4.69) is 4.74 Å². The van der Waals surface area contributed by atoms with Crippen molar-refractivity contribution in [3.8, 4) is 5.75 Å². The van der Waals surface area contributed by atoms with Crippen LogP contribution in [0, 0.1) is 29.1 Å². The number of carbonyl (C=O) groups is 1. The van der Waals surface area contributed by atoms with Crippen LogP contribution in [-0.2, 0) is 4.79 Å². The fraction of sp³-hybridized carbons (Fsp3) is 0.417. The highest BCUT2D eigenvalue weighted by molar-refractivity contribution is 5.75. The summed E-state index contributed by atoms with van der Waals surface area (Å²) in [4.78, 5) is 10.8. The van der Waals surface area contributed by atoms with E-state index in [-0.39, 0.29) is 25.4 Å². The molecule has 1 amide bonds. The van der Waals surface area contributed by atoms with Gasteiger partial charge in [0.1, 0.15) is 0 Å². The lowest BCUT2D eigenvalue weighted by Crippen LogP contribution is -2.29. The molecular formula is C12H13F5N2O2. The zero-order valence-electron chi connectivity index (χ0n) is 10.8. The van der Waals surface area contributed by atoms with E-state index in [1.165, 1.54) is 0 Å². The monoisotopic (exact) mass is 312 g/mol. The molecule has 1 aromatic rings. The van der Waals surface area contributed by atoms with Crippen molar-refractivity contribution in [1.29, 1.82) is 0 Å². The van der Waals surface area contributed by atoms with E-state index in [1.807, 2.05) is 5.43 Å². The first-order chi connectivity index (χ1) is 9.90. The van der Waals surface area contributed by atoms with Crippen LogP contribution in [0.1, 0.15) is 25.7 Å². The Morgan fingerprint density at radius 1 is 0.905 bits per heavy atom. The summed E-state index contributed by atoms with van der Waals surface area (Å²) in [6.07, 6.45) is 1.35. The minimum atomic E-state index is -2.23. The van der Waals surface area contributed by atoms with Gasteiger partial charge in [-0.3, -0.25) is 10.2 Å². The minimum absolute atomic E-state index is 0.166. The van der Waals surface area contributed by atoms with Crippen LogP contribution in [0.25, 0.3) is 0 Å². The topological polar surface area (TPSA) is 64.3 Å². The normalized spacial score (nSPS) is 10.6. The Hall–Kier alpha value is -1.90. The zero-order chi connectivity index (χ0) is 16.0. The summed E-state index contributed by atoms with van der Waals surface area (Å²) >= 11 is 0. The average molecular weight is 312 g/mol. The fourth-order valence-electron chi connectivity index (χ4n) is 1.52. The number of amides is 1. The van der Waals surface area contributed by atoms with Crippen LogP contribution in [0.5, 0.6) is 5.75 Å². The van der Waals surface area contributed by atoms with E-state index >= 15 is 0 Å². The summed E-state index contributed by atoms with van der Waals surface area (Å²) in [5.41, 5.74) is 1.93. The molecule has 0 aromatic heterocycles. The van der Waals surface area contributed by atoms with E-state index in [9.17, 15) is 26.7 Å². The highest BCUT2D eigenvalue weighted by atomic mass is 19.2. The quantitative estimate of drug-likeness (QED) is 0.154. The van der Waals surface area contributed by atoms with Gasteiger partial charge in [-0.05, 0) is 19.3 Å². The molecule has 4 nitrogen and oxygen atoms in total. The van der Waals surface area contributed by atoms with E-state index in [1.54, 1.807) is 0 Å². The number of hydrazine groups is 1. The smallest absolute Gasteiger partial charge is 0.233 e. The van der Waals surface area contributed by atoms with Gasteiger partial charge >= 0.3 is 0 Å². The number of benzene rings is 1. The highest BCUT2D eigenvalue weighted by Gasteiger charge is 2.26. The second-order valence-electron chi connectivity index (χ2n) is 4.13. The van der Waals surface area contributed by atoms with E-state index in [0.29, 0.717) is 12.8 Å². The lowest BCUT2D eigenvalue weighted by molar-refractivity contribution is -0.121. The SMILES string of the molecule is NNC(=O)CCCCCOc1c(F)c(F)c(F)c(F)c1F. The van der Waals surface area contributed by atoms with Gasteiger partial charge in [-0.25, -0.2) is 19.0 Å². The summed E-state index contributed by atoms with van der Waals surface area (Å²) in [7, 11) is 0. The Bertz CT molecular complexity index is 496. The minimum Gasteiger partial charge on any atom is -0.487 e. The Labute approximate surface area is 117 Å². The Morgan fingerprint density at radius 2 is 1.43 bits per heavy atom. The number of nitrogens with two attached hydrogens (primary N) is 1. The van der Waals surface area contributed by atoms with Gasteiger partial charge in [0.2, 0.25) is 35.0 Å². The molecule has 118 valence electrons. The molecule has 0 heterocycles. The average Bonchev–Trinajstić information content (AvgIpc) is 2.49. The van der Waals surface area contributed by atoms with Crippen LogP contribution in [0.3, 0.4) is 0 Å². The molecule has 0 aliphatic heterocycles. The summed E-state index contributed by atoms with van der Waals surface area (Å²) in [6, 6.07) is 0. The van der Waals surface area contributed by atoms with Gasteiger partial charge in [0.15, 0.2) is 5.75 Å². The number of unbranched alkanes of at least 4 members (excludes halogenated alkanes) is 2. The molecule has 0 spiro atoms.